The zero-order chi connectivity index (χ0) is 26.7. The van der Waals surface area contributed by atoms with Crippen LogP contribution in [0.3, 0.4) is 0 Å². The van der Waals surface area contributed by atoms with Crippen LogP contribution in [-0.2, 0) is 11.3 Å². The smallest absolute Gasteiger partial charge is 0.405 e. The van der Waals surface area contributed by atoms with Crippen molar-refractivity contribution in [3.8, 4) is 5.75 Å². The molecule has 3 unspecified atom stereocenters. The number of benzene rings is 2. The number of amides is 2. The van der Waals surface area contributed by atoms with Crippen molar-refractivity contribution < 1.29 is 27.5 Å². The summed E-state index contributed by atoms with van der Waals surface area (Å²) in [6.45, 7) is 2.54. The number of rotatable bonds is 6. The number of halogens is 3. The van der Waals surface area contributed by atoms with Gasteiger partial charge in [-0.05, 0) is 43.2 Å². The molecule has 38 heavy (non-hydrogen) atoms. The number of hydrogen-bond acceptors (Lipinski definition) is 6. The molecule has 2 amide bonds. The van der Waals surface area contributed by atoms with E-state index in [-0.39, 0.29) is 42.4 Å². The van der Waals surface area contributed by atoms with Gasteiger partial charge in [-0.3, -0.25) is 19.8 Å². The normalized spacial score (nSPS) is 24.3. The van der Waals surface area contributed by atoms with Crippen molar-refractivity contribution in [2.75, 3.05) is 31.5 Å². The van der Waals surface area contributed by atoms with Gasteiger partial charge in [-0.25, -0.2) is 0 Å². The molecule has 0 radical (unpaired) electrons. The molecule has 3 atom stereocenters. The molecule has 2 aromatic rings. The SMILES string of the molecule is O=C1NC(N2CCN(C(=O)c3ccc(NCc4ccccc4OC(F)(F)F)cc3)CC2)NC2CCCCC12. The maximum atomic E-state index is 13.1. The topological polar surface area (TPSA) is 85.9 Å². The summed E-state index contributed by atoms with van der Waals surface area (Å²) < 4.78 is 42.0. The highest BCUT2D eigenvalue weighted by Crippen LogP contribution is 2.28. The number of hydrogen-bond donors (Lipinski definition) is 3. The highest BCUT2D eigenvalue weighted by Gasteiger charge is 2.40. The van der Waals surface area contributed by atoms with Gasteiger partial charge in [0.25, 0.3) is 5.91 Å². The van der Waals surface area contributed by atoms with Crippen molar-refractivity contribution in [1.82, 2.24) is 20.4 Å². The number of para-hydroxylation sites is 1. The molecule has 3 N–H and O–H groups in total. The van der Waals surface area contributed by atoms with Gasteiger partial charge in [0.05, 0.1) is 5.92 Å². The van der Waals surface area contributed by atoms with E-state index in [1.807, 2.05) is 0 Å². The molecule has 0 bridgehead atoms. The van der Waals surface area contributed by atoms with Gasteiger partial charge < -0.3 is 20.3 Å². The Morgan fingerprint density at radius 2 is 1.71 bits per heavy atom. The lowest BCUT2D eigenvalue weighted by atomic mass is 9.82. The number of alkyl halides is 3. The lowest BCUT2D eigenvalue weighted by molar-refractivity contribution is -0.274. The highest BCUT2D eigenvalue weighted by atomic mass is 19.4. The van der Waals surface area contributed by atoms with E-state index in [9.17, 15) is 22.8 Å². The van der Waals surface area contributed by atoms with Gasteiger partial charge in [0.1, 0.15) is 12.0 Å². The maximum absolute atomic E-state index is 13.1. The van der Waals surface area contributed by atoms with Crippen LogP contribution in [0.5, 0.6) is 5.75 Å². The summed E-state index contributed by atoms with van der Waals surface area (Å²) in [5, 5.41) is 9.78. The first-order valence-corrected chi connectivity index (χ1v) is 13.0. The number of nitrogens with zero attached hydrogens (tertiary/aromatic N) is 2. The molecular weight excluding hydrogens is 499 g/mol. The molecule has 1 aliphatic carbocycles. The number of carbonyl (C=O) groups excluding carboxylic acids is 2. The summed E-state index contributed by atoms with van der Waals surface area (Å²) >= 11 is 0. The maximum Gasteiger partial charge on any atom is 0.573 e. The second-order valence-electron chi connectivity index (χ2n) is 9.99. The average Bonchev–Trinajstić information content (AvgIpc) is 2.92. The minimum absolute atomic E-state index is 0.0586. The van der Waals surface area contributed by atoms with Crippen LogP contribution in [0.4, 0.5) is 18.9 Å². The lowest BCUT2D eigenvalue weighted by Gasteiger charge is -2.46. The molecule has 11 heteroatoms. The van der Waals surface area contributed by atoms with Crippen LogP contribution in [0.1, 0.15) is 41.6 Å². The minimum atomic E-state index is -4.76. The molecule has 0 aromatic heterocycles. The number of piperazine rings is 1. The van der Waals surface area contributed by atoms with Crippen molar-refractivity contribution in [2.24, 2.45) is 5.92 Å². The molecule has 3 aliphatic rings. The Morgan fingerprint density at radius 1 is 1.00 bits per heavy atom. The Hall–Kier alpha value is -3.31. The van der Waals surface area contributed by atoms with Gasteiger partial charge in [-0.15, -0.1) is 13.2 Å². The number of fused-ring (bicyclic) bond motifs is 1. The van der Waals surface area contributed by atoms with Crippen LogP contribution in [0, 0.1) is 5.92 Å². The van der Waals surface area contributed by atoms with E-state index in [2.05, 4.69) is 25.6 Å². The third kappa shape index (κ3) is 6.21. The highest BCUT2D eigenvalue weighted by molar-refractivity contribution is 5.94. The second kappa shape index (κ2) is 11.2. The van der Waals surface area contributed by atoms with Crippen molar-refractivity contribution in [2.45, 2.75) is 50.9 Å². The van der Waals surface area contributed by atoms with E-state index in [4.69, 9.17) is 0 Å². The fourth-order valence-electron chi connectivity index (χ4n) is 5.49. The van der Waals surface area contributed by atoms with Gasteiger partial charge in [0, 0.05) is 55.6 Å². The summed E-state index contributed by atoms with van der Waals surface area (Å²) in [6.07, 6.45) is -0.758. The van der Waals surface area contributed by atoms with E-state index >= 15 is 0 Å². The molecule has 2 aromatic carbocycles. The summed E-state index contributed by atoms with van der Waals surface area (Å²) in [5.74, 6) is -0.140. The quantitative estimate of drug-likeness (QED) is 0.529. The van der Waals surface area contributed by atoms with E-state index in [1.54, 1.807) is 41.3 Å². The first-order valence-electron chi connectivity index (χ1n) is 13.0. The Kier molecular flexibility index (Phi) is 7.75. The molecule has 0 spiro atoms. The Morgan fingerprint density at radius 3 is 2.45 bits per heavy atom. The second-order valence-corrected chi connectivity index (χ2v) is 9.99. The largest absolute Gasteiger partial charge is 0.573 e. The third-order valence-corrected chi connectivity index (χ3v) is 7.53. The Labute approximate surface area is 219 Å². The molecule has 2 aliphatic heterocycles. The monoisotopic (exact) mass is 531 g/mol. The number of anilines is 1. The third-order valence-electron chi connectivity index (χ3n) is 7.53. The summed E-state index contributed by atoms with van der Waals surface area (Å²) in [6, 6.07) is 13.1. The van der Waals surface area contributed by atoms with Crippen molar-refractivity contribution >= 4 is 17.5 Å². The van der Waals surface area contributed by atoms with E-state index in [0.717, 1.165) is 25.7 Å². The molecule has 8 nitrogen and oxygen atoms in total. The van der Waals surface area contributed by atoms with Gasteiger partial charge in [0.15, 0.2) is 0 Å². The van der Waals surface area contributed by atoms with Gasteiger partial charge >= 0.3 is 6.36 Å². The van der Waals surface area contributed by atoms with E-state index in [0.29, 0.717) is 43.0 Å². The number of carbonyl (C=O) groups is 2. The van der Waals surface area contributed by atoms with Gasteiger partial charge in [-0.1, -0.05) is 31.0 Å². The van der Waals surface area contributed by atoms with Crippen LogP contribution in [0.15, 0.2) is 48.5 Å². The molecule has 5 rings (SSSR count). The van der Waals surface area contributed by atoms with E-state index < -0.39 is 6.36 Å². The van der Waals surface area contributed by atoms with Crippen LogP contribution < -0.4 is 20.7 Å². The van der Waals surface area contributed by atoms with Crippen molar-refractivity contribution in [3.05, 3.63) is 59.7 Å². The predicted molar refractivity (Wildman–Crippen MR) is 135 cm³/mol. The first-order chi connectivity index (χ1) is 18.3. The minimum Gasteiger partial charge on any atom is -0.405 e. The molecule has 2 heterocycles. The first kappa shape index (κ1) is 26.3. The number of ether oxygens (including phenoxy) is 1. The van der Waals surface area contributed by atoms with Crippen LogP contribution in [-0.4, -0.2) is 66.5 Å². The van der Waals surface area contributed by atoms with Gasteiger partial charge in [0.2, 0.25) is 5.91 Å². The van der Waals surface area contributed by atoms with E-state index in [1.165, 1.54) is 12.1 Å². The molecule has 1 saturated carbocycles. The molecular formula is C27H32F3N5O3. The van der Waals surface area contributed by atoms with Crippen molar-refractivity contribution in [3.63, 3.8) is 0 Å². The Balaban J connectivity index is 1.12. The molecule has 2 saturated heterocycles. The fraction of sp³-hybridized carbons (Fsp3) is 0.481. The zero-order valence-corrected chi connectivity index (χ0v) is 21.0. The van der Waals surface area contributed by atoms with Gasteiger partial charge in [-0.2, -0.15) is 0 Å². The van der Waals surface area contributed by atoms with Crippen LogP contribution >= 0.6 is 0 Å². The average molecular weight is 532 g/mol. The molecule has 204 valence electrons. The standard InChI is InChI=1S/C27H32F3N5O3/c28-27(29,30)38-23-8-4-1-5-19(23)17-31-20-11-9-18(10-12-20)25(37)34-13-15-35(16-14-34)26-32-22-7-3-2-6-21(22)24(36)33-26/h1,4-5,8-12,21-22,26,31-32H,2-3,6-7,13-17H2,(H,33,36). The molecule has 3 fully saturated rings. The summed E-state index contributed by atoms with van der Waals surface area (Å²) in [4.78, 5) is 29.6. The number of nitrogens with one attached hydrogen (secondary N) is 3. The van der Waals surface area contributed by atoms with Crippen LogP contribution in [0.25, 0.3) is 0 Å². The van der Waals surface area contributed by atoms with Crippen LogP contribution in [0.2, 0.25) is 0 Å². The fourth-order valence-corrected chi connectivity index (χ4v) is 5.49. The predicted octanol–water partition coefficient (Wildman–Crippen LogP) is 3.52. The summed E-state index contributed by atoms with van der Waals surface area (Å²) in [5.41, 5.74) is 1.58. The van der Waals surface area contributed by atoms with Crippen molar-refractivity contribution in [1.29, 1.82) is 0 Å². The Bertz CT molecular complexity index is 1140. The summed E-state index contributed by atoms with van der Waals surface area (Å²) in [7, 11) is 0. The lowest BCUT2D eigenvalue weighted by Crippen LogP contribution is -2.69. The zero-order valence-electron chi connectivity index (χ0n) is 21.0.